The molecule has 1 N–H and O–H groups in total. The minimum Gasteiger partial charge on any atom is -0.480 e. The predicted octanol–water partition coefficient (Wildman–Crippen LogP) is 2.15. The standard InChI is InChI=1S/C17H25N3O4/c1-17(2,3)24-16(23)20-9-5-8-19(10-11-20)14(15(21)22)13-6-4-7-18-12-13/h4,6-7,12,14H,5,8-11H2,1-3H3,(H,21,22). The van der Waals surface area contributed by atoms with Crippen molar-refractivity contribution in [1.29, 1.82) is 0 Å². The number of hydrogen-bond acceptors (Lipinski definition) is 5. The van der Waals surface area contributed by atoms with Crippen molar-refractivity contribution in [3.05, 3.63) is 30.1 Å². The molecule has 0 aliphatic carbocycles. The maximum Gasteiger partial charge on any atom is 0.410 e. The summed E-state index contributed by atoms with van der Waals surface area (Å²) in [5.74, 6) is -0.909. The maximum absolute atomic E-state index is 12.2. The Labute approximate surface area is 142 Å². The van der Waals surface area contributed by atoms with Crippen LogP contribution in [0.15, 0.2) is 24.5 Å². The molecule has 1 aliphatic heterocycles. The molecule has 0 bridgehead atoms. The average Bonchev–Trinajstić information content (AvgIpc) is 2.72. The van der Waals surface area contributed by atoms with Crippen molar-refractivity contribution in [2.45, 2.75) is 38.8 Å². The quantitative estimate of drug-likeness (QED) is 0.911. The van der Waals surface area contributed by atoms with E-state index in [2.05, 4.69) is 4.98 Å². The van der Waals surface area contributed by atoms with Crippen LogP contribution in [0.3, 0.4) is 0 Å². The van der Waals surface area contributed by atoms with Crippen LogP contribution in [-0.2, 0) is 9.53 Å². The van der Waals surface area contributed by atoms with E-state index in [4.69, 9.17) is 4.74 Å². The lowest BCUT2D eigenvalue weighted by Gasteiger charge is -2.28. The van der Waals surface area contributed by atoms with Gasteiger partial charge in [0.2, 0.25) is 0 Å². The molecule has 7 heteroatoms. The normalized spacial score (nSPS) is 17.9. The molecule has 2 heterocycles. The molecule has 24 heavy (non-hydrogen) atoms. The Hall–Kier alpha value is -2.15. The highest BCUT2D eigenvalue weighted by molar-refractivity contribution is 5.75. The van der Waals surface area contributed by atoms with Crippen molar-refractivity contribution in [2.24, 2.45) is 0 Å². The zero-order chi connectivity index (χ0) is 17.7. The SMILES string of the molecule is CC(C)(C)OC(=O)N1CCCN(C(C(=O)O)c2cccnc2)CC1. The van der Waals surface area contributed by atoms with Crippen LogP contribution in [0.25, 0.3) is 0 Å². The number of hydrogen-bond donors (Lipinski definition) is 1. The summed E-state index contributed by atoms with van der Waals surface area (Å²) < 4.78 is 5.40. The summed E-state index contributed by atoms with van der Waals surface area (Å²) in [5.41, 5.74) is 0.110. The van der Waals surface area contributed by atoms with Crippen molar-refractivity contribution in [2.75, 3.05) is 26.2 Å². The van der Waals surface area contributed by atoms with E-state index in [1.807, 2.05) is 25.7 Å². The Bertz CT molecular complexity index is 571. The van der Waals surface area contributed by atoms with Crippen LogP contribution >= 0.6 is 0 Å². The third-order valence-corrected chi connectivity index (χ3v) is 3.78. The lowest BCUT2D eigenvalue weighted by atomic mass is 10.1. The van der Waals surface area contributed by atoms with Gasteiger partial charge in [-0.25, -0.2) is 4.79 Å². The van der Waals surface area contributed by atoms with Gasteiger partial charge in [-0.15, -0.1) is 0 Å². The van der Waals surface area contributed by atoms with Gasteiger partial charge in [-0.1, -0.05) is 6.07 Å². The smallest absolute Gasteiger partial charge is 0.410 e. The van der Waals surface area contributed by atoms with Gasteiger partial charge in [0.15, 0.2) is 0 Å². The number of pyridine rings is 1. The fraction of sp³-hybridized carbons (Fsp3) is 0.588. The maximum atomic E-state index is 12.2. The van der Waals surface area contributed by atoms with Gasteiger partial charge in [0.05, 0.1) is 0 Å². The monoisotopic (exact) mass is 335 g/mol. The summed E-state index contributed by atoms with van der Waals surface area (Å²) in [5, 5.41) is 9.62. The Morgan fingerprint density at radius 2 is 2.00 bits per heavy atom. The second kappa shape index (κ2) is 7.61. The first-order valence-electron chi connectivity index (χ1n) is 8.12. The first-order valence-corrected chi connectivity index (χ1v) is 8.12. The zero-order valence-corrected chi connectivity index (χ0v) is 14.4. The van der Waals surface area contributed by atoms with E-state index >= 15 is 0 Å². The van der Waals surface area contributed by atoms with Crippen LogP contribution in [0.2, 0.25) is 0 Å². The molecule has 1 aromatic heterocycles. The summed E-state index contributed by atoms with van der Waals surface area (Å²) in [7, 11) is 0. The molecule has 1 amide bonds. The highest BCUT2D eigenvalue weighted by Crippen LogP contribution is 2.22. The molecule has 1 fully saturated rings. The minimum atomic E-state index is -0.909. The van der Waals surface area contributed by atoms with Gasteiger partial charge in [0.25, 0.3) is 0 Å². The van der Waals surface area contributed by atoms with Crippen LogP contribution < -0.4 is 0 Å². The van der Waals surface area contributed by atoms with E-state index in [0.717, 1.165) is 0 Å². The second-order valence-electron chi connectivity index (χ2n) is 6.88. The van der Waals surface area contributed by atoms with Gasteiger partial charge < -0.3 is 14.7 Å². The van der Waals surface area contributed by atoms with Gasteiger partial charge in [0.1, 0.15) is 11.6 Å². The summed E-state index contributed by atoms with van der Waals surface area (Å²) in [4.78, 5) is 31.5. The number of nitrogens with zero attached hydrogens (tertiary/aromatic N) is 3. The van der Waals surface area contributed by atoms with Crippen LogP contribution in [0.1, 0.15) is 38.8 Å². The van der Waals surface area contributed by atoms with Gasteiger partial charge in [-0.05, 0) is 38.8 Å². The number of carboxylic acids is 1. The number of rotatable bonds is 3. The molecule has 1 atom stereocenters. The second-order valence-corrected chi connectivity index (χ2v) is 6.88. The molecule has 1 unspecified atom stereocenters. The number of aliphatic carboxylic acids is 1. The minimum absolute atomic E-state index is 0.349. The topological polar surface area (TPSA) is 83.0 Å². The Balaban J connectivity index is 2.06. The van der Waals surface area contributed by atoms with E-state index < -0.39 is 17.6 Å². The number of aromatic nitrogens is 1. The molecule has 0 spiro atoms. The fourth-order valence-corrected chi connectivity index (χ4v) is 2.75. The molecule has 1 aromatic rings. The average molecular weight is 335 g/mol. The number of amides is 1. The van der Waals surface area contributed by atoms with Crippen molar-refractivity contribution >= 4 is 12.1 Å². The molecule has 1 aliphatic rings. The number of carboxylic acid groups (broad SMARTS) is 1. The number of ether oxygens (including phenoxy) is 1. The van der Waals surface area contributed by atoms with Crippen LogP contribution in [0.4, 0.5) is 4.79 Å². The van der Waals surface area contributed by atoms with Gasteiger partial charge in [0, 0.05) is 38.6 Å². The lowest BCUT2D eigenvalue weighted by Crippen LogP contribution is -2.40. The Kier molecular flexibility index (Phi) is 5.77. The lowest BCUT2D eigenvalue weighted by molar-refractivity contribution is -0.143. The van der Waals surface area contributed by atoms with Gasteiger partial charge in [-0.2, -0.15) is 0 Å². The highest BCUT2D eigenvalue weighted by atomic mass is 16.6. The summed E-state index contributed by atoms with van der Waals surface area (Å²) >= 11 is 0. The third-order valence-electron chi connectivity index (χ3n) is 3.78. The van der Waals surface area contributed by atoms with Gasteiger partial charge in [-0.3, -0.25) is 14.7 Å². The van der Waals surface area contributed by atoms with Crippen molar-refractivity contribution in [3.8, 4) is 0 Å². The third kappa shape index (κ3) is 4.92. The van der Waals surface area contributed by atoms with Crippen LogP contribution in [0.5, 0.6) is 0 Å². The Morgan fingerprint density at radius 1 is 1.25 bits per heavy atom. The molecule has 1 saturated heterocycles. The van der Waals surface area contributed by atoms with E-state index in [1.54, 1.807) is 29.4 Å². The number of carbonyl (C=O) groups is 2. The van der Waals surface area contributed by atoms with E-state index in [0.29, 0.717) is 38.2 Å². The fourth-order valence-electron chi connectivity index (χ4n) is 2.75. The Morgan fingerprint density at radius 3 is 2.58 bits per heavy atom. The first kappa shape index (κ1) is 18.2. The highest BCUT2D eigenvalue weighted by Gasteiger charge is 2.31. The molecule has 132 valence electrons. The largest absolute Gasteiger partial charge is 0.480 e. The molecule has 0 aromatic carbocycles. The van der Waals surface area contributed by atoms with Crippen LogP contribution in [0, 0.1) is 0 Å². The summed E-state index contributed by atoms with van der Waals surface area (Å²) in [6, 6.07) is 2.75. The van der Waals surface area contributed by atoms with Crippen LogP contribution in [-0.4, -0.2) is 63.7 Å². The number of carbonyl (C=O) groups excluding carboxylic acids is 1. The predicted molar refractivity (Wildman–Crippen MR) is 88.6 cm³/mol. The van der Waals surface area contributed by atoms with Crippen molar-refractivity contribution in [1.82, 2.24) is 14.8 Å². The molecule has 7 nitrogen and oxygen atoms in total. The molecule has 2 rings (SSSR count). The summed E-state index contributed by atoms with van der Waals surface area (Å²) in [6.07, 6.45) is 3.55. The van der Waals surface area contributed by atoms with E-state index in [-0.39, 0.29) is 6.09 Å². The molecule has 0 saturated carbocycles. The van der Waals surface area contributed by atoms with E-state index in [9.17, 15) is 14.7 Å². The molecule has 0 radical (unpaired) electrons. The molecular weight excluding hydrogens is 310 g/mol. The zero-order valence-electron chi connectivity index (χ0n) is 14.4. The van der Waals surface area contributed by atoms with E-state index in [1.165, 1.54) is 0 Å². The van der Waals surface area contributed by atoms with Crippen molar-refractivity contribution in [3.63, 3.8) is 0 Å². The van der Waals surface area contributed by atoms with Gasteiger partial charge >= 0.3 is 12.1 Å². The first-order chi connectivity index (χ1) is 11.3. The summed E-state index contributed by atoms with van der Waals surface area (Å²) in [6.45, 7) is 7.58. The van der Waals surface area contributed by atoms with Crippen molar-refractivity contribution < 1.29 is 19.4 Å². The molecular formula is C17H25N3O4.